The van der Waals surface area contributed by atoms with Gasteiger partial charge >= 0.3 is 0 Å². The Morgan fingerprint density at radius 1 is 1.14 bits per heavy atom. The minimum atomic E-state index is -3.59. The van der Waals surface area contributed by atoms with Crippen molar-refractivity contribution in [3.63, 3.8) is 0 Å². The molecule has 1 amide bonds. The first kappa shape index (κ1) is 20.5. The maximum Gasteiger partial charge on any atom is 0.240 e. The molecule has 3 rings (SSSR count). The van der Waals surface area contributed by atoms with Gasteiger partial charge in [0.15, 0.2) is 0 Å². The third-order valence-electron chi connectivity index (χ3n) is 4.83. The highest BCUT2D eigenvalue weighted by Crippen LogP contribution is 2.20. The summed E-state index contributed by atoms with van der Waals surface area (Å²) in [5, 5.41) is 2.82. The van der Waals surface area contributed by atoms with Crippen LogP contribution in [0.15, 0.2) is 59.5 Å². The minimum Gasteiger partial charge on any atom is -0.377 e. The lowest BCUT2D eigenvalue weighted by molar-refractivity contribution is -0.116. The number of amides is 1. The number of carbonyl (C=O) groups is 1. The van der Waals surface area contributed by atoms with Crippen molar-refractivity contribution in [1.82, 2.24) is 4.72 Å². The summed E-state index contributed by atoms with van der Waals surface area (Å²) in [5.74, 6) is -0.00803. The van der Waals surface area contributed by atoms with Crippen molar-refractivity contribution in [3.8, 4) is 0 Å². The van der Waals surface area contributed by atoms with Gasteiger partial charge in [-0.1, -0.05) is 37.3 Å². The summed E-state index contributed by atoms with van der Waals surface area (Å²) in [5.41, 5.74) is 1.68. The fourth-order valence-corrected chi connectivity index (χ4v) is 4.26. The largest absolute Gasteiger partial charge is 0.377 e. The van der Waals surface area contributed by atoms with Crippen molar-refractivity contribution in [2.75, 3.05) is 18.5 Å². The van der Waals surface area contributed by atoms with Crippen LogP contribution >= 0.6 is 0 Å². The van der Waals surface area contributed by atoms with Crippen LogP contribution in [0.2, 0.25) is 0 Å². The lowest BCUT2D eigenvalue weighted by Crippen LogP contribution is -2.31. The van der Waals surface area contributed by atoms with E-state index in [9.17, 15) is 13.2 Å². The van der Waals surface area contributed by atoms with Crippen LogP contribution in [0.3, 0.4) is 0 Å². The van der Waals surface area contributed by atoms with E-state index in [0.29, 0.717) is 18.7 Å². The molecule has 1 heterocycles. The van der Waals surface area contributed by atoms with Crippen LogP contribution in [-0.4, -0.2) is 33.6 Å². The Morgan fingerprint density at radius 3 is 2.50 bits per heavy atom. The number of ether oxygens (including phenoxy) is 1. The zero-order chi connectivity index (χ0) is 20.0. The third kappa shape index (κ3) is 5.64. The molecule has 0 radical (unpaired) electrons. The highest BCUT2D eigenvalue weighted by molar-refractivity contribution is 7.89. The fourth-order valence-electron chi connectivity index (χ4n) is 3.20. The van der Waals surface area contributed by atoms with Crippen LogP contribution < -0.4 is 10.0 Å². The highest BCUT2D eigenvalue weighted by atomic mass is 32.2. The van der Waals surface area contributed by atoms with Gasteiger partial charge in [-0.15, -0.1) is 0 Å². The third-order valence-corrected chi connectivity index (χ3v) is 6.27. The Balaban J connectivity index is 1.54. The number of hydrogen-bond donors (Lipinski definition) is 2. The minimum absolute atomic E-state index is 0.0556. The van der Waals surface area contributed by atoms with Crippen molar-refractivity contribution in [2.45, 2.75) is 43.1 Å². The van der Waals surface area contributed by atoms with Crippen LogP contribution in [0.1, 0.15) is 37.7 Å². The molecular weight excluding hydrogens is 376 g/mol. The van der Waals surface area contributed by atoms with Crippen molar-refractivity contribution in [1.29, 1.82) is 0 Å². The van der Waals surface area contributed by atoms with Gasteiger partial charge in [-0.25, -0.2) is 13.1 Å². The molecule has 0 unspecified atom stereocenters. The fraction of sp³-hybridized carbons (Fsp3) is 0.381. The summed E-state index contributed by atoms with van der Waals surface area (Å²) in [7, 11) is -3.59. The number of anilines is 1. The molecule has 2 aromatic carbocycles. The van der Waals surface area contributed by atoms with Gasteiger partial charge in [0.2, 0.25) is 15.9 Å². The van der Waals surface area contributed by atoms with E-state index in [4.69, 9.17) is 4.74 Å². The van der Waals surface area contributed by atoms with Crippen LogP contribution in [0.5, 0.6) is 0 Å². The number of hydrogen-bond acceptors (Lipinski definition) is 4. The maximum atomic E-state index is 12.4. The molecule has 6 nitrogen and oxygen atoms in total. The maximum absolute atomic E-state index is 12.4. The molecule has 28 heavy (non-hydrogen) atoms. The van der Waals surface area contributed by atoms with Crippen molar-refractivity contribution in [2.24, 2.45) is 0 Å². The summed E-state index contributed by atoms with van der Waals surface area (Å²) in [4.78, 5) is 12.4. The van der Waals surface area contributed by atoms with Crippen molar-refractivity contribution in [3.05, 3.63) is 60.2 Å². The normalized spacial score (nSPS) is 18.0. The summed E-state index contributed by atoms with van der Waals surface area (Å²) >= 11 is 0. The van der Waals surface area contributed by atoms with Gasteiger partial charge in [0.25, 0.3) is 0 Å². The molecule has 0 spiro atoms. The van der Waals surface area contributed by atoms with Crippen molar-refractivity contribution >= 4 is 21.6 Å². The smallest absolute Gasteiger partial charge is 0.240 e. The molecule has 0 saturated carbocycles. The molecule has 1 fully saturated rings. The quantitative estimate of drug-likeness (QED) is 0.710. The molecule has 1 aliphatic heterocycles. The Bertz CT molecular complexity index is 876. The van der Waals surface area contributed by atoms with Gasteiger partial charge < -0.3 is 10.1 Å². The molecule has 2 aromatic rings. The summed E-state index contributed by atoms with van der Waals surface area (Å²) in [6.07, 6.45) is 2.13. The Labute approximate surface area is 166 Å². The first-order chi connectivity index (χ1) is 13.4. The van der Waals surface area contributed by atoms with E-state index >= 15 is 0 Å². The SMILES string of the molecule is C[C@@H](CC(=O)Nc1ccc(S(=O)(=O)NC[C@@H]2CCCO2)cc1)c1ccccc1. The zero-order valence-electron chi connectivity index (χ0n) is 15.9. The van der Waals surface area contributed by atoms with E-state index in [1.54, 1.807) is 12.1 Å². The van der Waals surface area contributed by atoms with Gasteiger partial charge in [0, 0.05) is 25.3 Å². The van der Waals surface area contributed by atoms with Crippen LogP contribution in [0.25, 0.3) is 0 Å². The number of carbonyl (C=O) groups excluding carboxylic acids is 1. The summed E-state index contributed by atoms with van der Waals surface area (Å²) in [6.45, 7) is 2.96. The van der Waals surface area contributed by atoms with Crippen molar-refractivity contribution < 1.29 is 17.9 Å². The highest BCUT2D eigenvalue weighted by Gasteiger charge is 2.20. The van der Waals surface area contributed by atoms with Gasteiger partial charge in [-0.05, 0) is 48.6 Å². The average molecular weight is 403 g/mol. The predicted octanol–water partition coefficient (Wildman–Crippen LogP) is 3.28. The number of rotatable bonds is 8. The number of sulfonamides is 1. The Hall–Kier alpha value is -2.22. The van der Waals surface area contributed by atoms with Gasteiger partial charge in [-0.2, -0.15) is 0 Å². The summed E-state index contributed by atoms with van der Waals surface area (Å²) < 4.78 is 32.8. The lowest BCUT2D eigenvalue weighted by atomic mass is 9.97. The topological polar surface area (TPSA) is 84.5 Å². The number of benzene rings is 2. The van der Waals surface area contributed by atoms with Gasteiger partial charge in [0.05, 0.1) is 11.0 Å². The van der Waals surface area contributed by atoms with E-state index in [1.165, 1.54) is 12.1 Å². The van der Waals surface area contributed by atoms with E-state index in [1.807, 2.05) is 37.3 Å². The standard InChI is InChI=1S/C21H26N2O4S/c1-16(17-6-3-2-4-7-17)14-21(24)23-18-9-11-20(12-10-18)28(25,26)22-15-19-8-5-13-27-19/h2-4,6-7,9-12,16,19,22H,5,8,13-15H2,1H3,(H,23,24)/t16-,19-/m0/s1. The van der Waals surface area contributed by atoms with E-state index in [2.05, 4.69) is 10.0 Å². The molecule has 1 aliphatic rings. The predicted molar refractivity (Wildman–Crippen MR) is 109 cm³/mol. The molecule has 0 bridgehead atoms. The Kier molecular flexibility index (Phi) is 6.83. The first-order valence-electron chi connectivity index (χ1n) is 9.50. The molecule has 7 heteroatoms. The van der Waals surface area contributed by atoms with Crippen LogP contribution in [-0.2, 0) is 19.6 Å². The lowest BCUT2D eigenvalue weighted by Gasteiger charge is -2.13. The monoisotopic (exact) mass is 402 g/mol. The first-order valence-corrected chi connectivity index (χ1v) is 11.0. The second kappa shape index (κ2) is 9.32. The van der Waals surface area contributed by atoms with Gasteiger partial charge in [-0.3, -0.25) is 4.79 Å². The molecule has 2 atom stereocenters. The van der Waals surface area contributed by atoms with E-state index < -0.39 is 10.0 Å². The molecule has 1 saturated heterocycles. The van der Waals surface area contributed by atoms with Gasteiger partial charge in [0.1, 0.15) is 0 Å². The second-order valence-corrected chi connectivity index (χ2v) is 8.84. The van der Waals surface area contributed by atoms with E-state index in [0.717, 1.165) is 18.4 Å². The Morgan fingerprint density at radius 2 is 1.86 bits per heavy atom. The molecule has 0 aliphatic carbocycles. The molecular formula is C21H26N2O4S. The van der Waals surface area contributed by atoms with Crippen LogP contribution in [0, 0.1) is 0 Å². The van der Waals surface area contributed by atoms with Crippen LogP contribution in [0.4, 0.5) is 5.69 Å². The average Bonchev–Trinajstić information content (AvgIpc) is 3.21. The molecule has 150 valence electrons. The second-order valence-electron chi connectivity index (χ2n) is 7.08. The van der Waals surface area contributed by atoms with E-state index in [-0.39, 0.29) is 29.4 Å². The summed E-state index contributed by atoms with van der Waals surface area (Å²) in [6, 6.07) is 16.1. The molecule has 2 N–H and O–H groups in total. The molecule has 0 aromatic heterocycles. The number of nitrogens with one attached hydrogen (secondary N) is 2. The zero-order valence-corrected chi connectivity index (χ0v) is 16.7.